The van der Waals surface area contributed by atoms with Crippen LogP contribution >= 0.6 is 0 Å². The standard InChI is InChI=1S/C25H29N7O2/c1-17-6-7-22-25(34)28-23(29-32(17)22)4-3-5-24(33)31-10-8-18(9-11-31)19-12-20(14-26-13-19)21-15-27-30(2)16-21/h6-7,12-16,18H,3-5,8-11H2,1-2H3,(H,28,29,34). The summed E-state index contributed by atoms with van der Waals surface area (Å²) in [5, 5.41) is 8.75. The van der Waals surface area contributed by atoms with Gasteiger partial charge in [-0.1, -0.05) is 0 Å². The average Bonchev–Trinajstić information content (AvgIpc) is 3.45. The Morgan fingerprint density at radius 2 is 1.97 bits per heavy atom. The number of aromatic nitrogens is 6. The lowest BCUT2D eigenvalue weighted by Crippen LogP contribution is -2.37. The maximum Gasteiger partial charge on any atom is 0.275 e. The highest BCUT2D eigenvalue weighted by atomic mass is 16.2. The van der Waals surface area contributed by atoms with Gasteiger partial charge < -0.3 is 9.88 Å². The average molecular weight is 460 g/mol. The number of hydrogen-bond donors (Lipinski definition) is 1. The Bertz CT molecular complexity index is 1380. The number of carbonyl (C=O) groups excluding carboxylic acids is 1. The van der Waals surface area contributed by atoms with Crippen molar-refractivity contribution in [2.75, 3.05) is 13.1 Å². The van der Waals surface area contributed by atoms with E-state index in [1.807, 2.05) is 49.7 Å². The highest BCUT2D eigenvalue weighted by Gasteiger charge is 2.24. The van der Waals surface area contributed by atoms with E-state index < -0.39 is 0 Å². The smallest absolute Gasteiger partial charge is 0.275 e. The minimum absolute atomic E-state index is 0.145. The van der Waals surface area contributed by atoms with Gasteiger partial charge in [-0.25, -0.2) is 4.52 Å². The van der Waals surface area contributed by atoms with Crippen molar-refractivity contribution in [3.8, 4) is 11.1 Å². The zero-order valence-corrected chi connectivity index (χ0v) is 19.6. The zero-order valence-electron chi connectivity index (χ0n) is 19.6. The van der Waals surface area contributed by atoms with Crippen LogP contribution in [0.25, 0.3) is 16.6 Å². The van der Waals surface area contributed by atoms with E-state index in [4.69, 9.17) is 0 Å². The first kappa shape index (κ1) is 22.1. The van der Waals surface area contributed by atoms with Crippen LogP contribution in [-0.2, 0) is 18.3 Å². The summed E-state index contributed by atoms with van der Waals surface area (Å²) in [5.41, 5.74) is 4.67. The first-order chi connectivity index (χ1) is 16.5. The molecule has 0 aromatic carbocycles. The second kappa shape index (κ2) is 9.24. The summed E-state index contributed by atoms with van der Waals surface area (Å²) in [6, 6.07) is 5.84. The molecule has 1 amide bonds. The molecular formula is C25H29N7O2. The molecule has 1 aliphatic rings. The number of H-pyrrole nitrogens is 1. The van der Waals surface area contributed by atoms with Crippen molar-refractivity contribution in [3.05, 3.63) is 70.4 Å². The molecule has 1 saturated heterocycles. The van der Waals surface area contributed by atoms with Gasteiger partial charge in [-0.3, -0.25) is 19.3 Å². The molecule has 0 radical (unpaired) electrons. The number of piperidine rings is 1. The van der Waals surface area contributed by atoms with Crippen molar-refractivity contribution in [2.24, 2.45) is 7.05 Å². The van der Waals surface area contributed by atoms with E-state index in [0.717, 1.165) is 42.8 Å². The van der Waals surface area contributed by atoms with E-state index in [1.54, 1.807) is 15.3 Å². The van der Waals surface area contributed by atoms with Crippen LogP contribution in [0.2, 0.25) is 0 Å². The van der Waals surface area contributed by atoms with Crippen molar-refractivity contribution >= 4 is 11.4 Å². The van der Waals surface area contributed by atoms with Gasteiger partial charge in [0, 0.05) is 68.4 Å². The Balaban J connectivity index is 1.14. The van der Waals surface area contributed by atoms with Crippen LogP contribution in [0.15, 0.2) is 47.8 Å². The van der Waals surface area contributed by atoms with Crippen LogP contribution in [0.3, 0.4) is 0 Å². The number of aryl methyl sites for hydroxylation is 3. The number of nitrogens with one attached hydrogen (secondary N) is 1. The van der Waals surface area contributed by atoms with Crippen LogP contribution in [0.5, 0.6) is 0 Å². The van der Waals surface area contributed by atoms with Gasteiger partial charge in [0.1, 0.15) is 11.3 Å². The summed E-state index contributed by atoms with van der Waals surface area (Å²) in [7, 11) is 1.91. The van der Waals surface area contributed by atoms with Crippen molar-refractivity contribution in [2.45, 2.75) is 44.9 Å². The molecule has 9 nitrogen and oxygen atoms in total. The number of aromatic amines is 1. The van der Waals surface area contributed by atoms with Crippen LogP contribution < -0.4 is 5.56 Å². The molecule has 5 rings (SSSR count). The van der Waals surface area contributed by atoms with Crippen molar-refractivity contribution < 1.29 is 4.79 Å². The van der Waals surface area contributed by atoms with E-state index in [2.05, 4.69) is 26.2 Å². The SMILES string of the molecule is Cc1ccc2c(=O)[nH]c(CCCC(=O)N3CCC(c4cncc(-c5cnn(C)c5)c4)CC3)nn12. The summed E-state index contributed by atoms with van der Waals surface area (Å²) in [6.07, 6.45) is 11.2. The van der Waals surface area contributed by atoms with E-state index in [9.17, 15) is 9.59 Å². The molecule has 34 heavy (non-hydrogen) atoms. The number of pyridine rings is 1. The van der Waals surface area contributed by atoms with Gasteiger partial charge in [-0.15, -0.1) is 0 Å². The van der Waals surface area contributed by atoms with Crippen molar-refractivity contribution in [1.29, 1.82) is 0 Å². The second-order valence-electron chi connectivity index (χ2n) is 9.09. The van der Waals surface area contributed by atoms with Gasteiger partial charge in [0.05, 0.1) is 6.20 Å². The Morgan fingerprint density at radius 3 is 2.74 bits per heavy atom. The Kier molecular flexibility index (Phi) is 6.00. The van der Waals surface area contributed by atoms with Crippen LogP contribution in [-0.4, -0.2) is 53.3 Å². The number of fused-ring (bicyclic) bond motifs is 1. The molecule has 1 aliphatic heterocycles. The molecule has 0 bridgehead atoms. The Morgan fingerprint density at radius 1 is 1.15 bits per heavy atom. The molecule has 176 valence electrons. The normalized spacial score (nSPS) is 14.7. The summed E-state index contributed by atoms with van der Waals surface area (Å²) < 4.78 is 3.46. The molecule has 5 heterocycles. The molecule has 4 aromatic rings. The first-order valence-corrected chi connectivity index (χ1v) is 11.8. The van der Waals surface area contributed by atoms with E-state index in [-0.39, 0.29) is 11.5 Å². The molecule has 0 spiro atoms. The molecule has 0 aliphatic carbocycles. The number of hydrogen-bond acceptors (Lipinski definition) is 5. The number of likely N-dealkylation sites (tertiary alicyclic amines) is 1. The Labute approximate surface area is 197 Å². The molecule has 1 fully saturated rings. The lowest BCUT2D eigenvalue weighted by molar-refractivity contribution is -0.132. The molecule has 4 aromatic heterocycles. The van der Waals surface area contributed by atoms with E-state index >= 15 is 0 Å². The zero-order chi connectivity index (χ0) is 23.7. The molecule has 0 unspecified atom stereocenters. The largest absolute Gasteiger partial charge is 0.343 e. The summed E-state index contributed by atoms with van der Waals surface area (Å²) >= 11 is 0. The topological polar surface area (TPSA) is 101 Å². The minimum Gasteiger partial charge on any atom is -0.343 e. The number of amides is 1. The summed E-state index contributed by atoms with van der Waals surface area (Å²) in [6.45, 7) is 3.43. The van der Waals surface area contributed by atoms with E-state index in [1.165, 1.54) is 5.56 Å². The number of carbonyl (C=O) groups is 1. The lowest BCUT2D eigenvalue weighted by Gasteiger charge is -2.32. The summed E-state index contributed by atoms with van der Waals surface area (Å²) in [4.78, 5) is 34.2. The number of rotatable bonds is 6. The molecular weight excluding hydrogens is 430 g/mol. The van der Waals surface area contributed by atoms with Crippen molar-refractivity contribution in [1.82, 2.24) is 34.3 Å². The quantitative estimate of drug-likeness (QED) is 0.478. The highest BCUT2D eigenvalue weighted by Crippen LogP contribution is 2.30. The fraction of sp³-hybridized carbons (Fsp3) is 0.400. The maximum atomic E-state index is 12.8. The summed E-state index contributed by atoms with van der Waals surface area (Å²) in [5.74, 6) is 1.18. The third-order valence-corrected chi connectivity index (χ3v) is 6.68. The lowest BCUT2D eigenvalue weighted by atomic mass is 9.89. The predicted octanol–water partition coefficient (Wildman–Crippen LogP) is 2.86. The van der Waals surface area contributed by atoms with Gasteiger partial charge in [0.2, 0.25) is 5.91 Å². The van der Waals surface area contributed by atoms with Gasteiger partial charge >= 0.3 is 0 Å². The predicted molar refractivity (Wildman–Crippen MR) is 128 cm³/mol. The second-order valence-corrected chi connectivity index (χ2v) is 9.09. The Hall–Kier alpha value is -3.75. The monoisotopic (exact) mass is 459 g/mol. The molecule has 1 N–H and O–H groups in total. The molecule has 9 heteroatoms. The first-order valence-electron chi connectivity index (χ1n) is 11.8. The van der Waals surface area contributed by atoms with Crippen LogP contribution in [0, 0.1) is 6.92 Å². The van der Waals surface area contributed by atoms with Crippen molar-refractivity contribution in [3.63, 3.8) is 0 Å². The van der Waals surface area contributed by atoms with E-state index in [0.29, 0.717) is 36.5 Å². The third kappa shape index (κ3) is 4.50. The van der Waals surface area contributed by atoms with Gasteiger partial charge in [-0.2, -0.15) is 10.2 Å². The van der Waals surface area contributed by atoms with Gasteiger partial charge in [0.25, 0.3) is 5.56 Å². The third-order valence-electron chi connectivity index (χ3n) is 6.68. The minimum atomic E-state index is -0.145. The fourth-order valence-electron chi connectivity index (χ4n) is 4.73. The highest BCUT2D eigenvalue weighted by molar-refractivity contribution is 5.76. The number of nitrogens with zero attached hydrogens (tertiary/aromatic N) is 6. The van der Waals surface area contributed by atoms with Crippen LogP contribution in [0.1, 0.15) is 48.7 Å². The molecule has 0 saturated carbocycles. The van der Waals surface area contributed by atoms with Gasteiger partial charge in [-0.05, 0) is 55.9 Å². The fourth-order valence-corrected chi connectivity index (χ4v) is 4.73. The van der Waals surface area contributed by atoms with Gasteiger partial charge in [0.15, 0.2) is 0 Å². The maximum absolute atomic E-state index is 12.8. The molecule has 0 atom stereocenters. The van der Waals surface area contributed by atoms with Crippen LogP contribution in [0.4, 0.5) is 0 Å².